The molecule has 1 aromatic carbocycles. The minimum Gasteiger partial charge on any atom is -0.497 e. The molecule has 2 heterocycles. The summed E-state index contributed by atoms with van der Waals surface area (Å²) in [5.74, 6) is 1.32. The maximum atomic E-state index is 12.9. The van der Waals surface area contributed by atoms with E-state index in [4.69, 9.17) is 9.47 Å². The number of fused-ring (bicyclic) bond motifs is 1. The van der Waals surface area contributed by atoms with E-state index in [2.05, 4.69) is 5.32 Å². The van der Waals surface area contributed by atoms with Gasteiger partial charge in [0.25, 0.3) is 0 Å². The summed E-state index contributed by atoms with van der Waals surface area (Å²) in [5, 5.41) is 3.27. The molecule has 3 rings (SSSR count). The number of methoxy groups -OCH3 is 2. The van der Waals surface area contributed by atoms with Crippen molar-refractivity contribution < 1.29 is 17.9 Å². The number of sulfonamides is 1. The summed E-state index contributed by atoms with van der Waals surface area (Å²) in [4.78, 5) is 0.207. The monoisotopic (exact) mass is 312 g/mol. The zero-order valence-corrected chi connectivity index (χ0v) is 13.0. The first kappa shape index (κ1) is 14.6. The Morgan fingerprint density at radius 3 is 2.76 bits per heavy atom. The maximum absolute atomic E-state index is 12.9. The molecule has 0 aromatic heterocycles. The minimum absolute atomic E-state index is 0.0572. The van der Waals surface area contributed by atoms with Gasteiger partial charge < -0.3 is 14.8 Å². The molecule has 2 saturated heterocycles. The van der Waals surface area contributed by atoms with E-state index in [-0.39, 0.29) is 10.9 Å². The van der Waals surface area contributed by atoms with Crippen molar-refractivity contribution in [3.05, 3.63) is 18.2 Å². The Hall–Kier alpha value is -1.31. The first-order chi connectivity index (χ1) is 10.1. The van der Waals surface area contributed by atoms with Crippen LogP contribution >= 0.6 is 0 Å². The molecule has 0 unspecified atom stereocenters. The summed E-state index contributed by atoms with van der Waals surface area (Å²) >= 11 is 0. The summed E-state index contributed by atoms with van der Waals surface area (Å²) in [6.45, 7) is 2.20. The predicted molar refractivity (Wildman–Crippen MR) is 78.2 cm³/mol. The summed E-state index contributed by atoms with van der Waals surface area (Å²) in [6.07, 6.45) is 0.912. The van der Waals surface area contributed by atoms with Gasteiger partial charge in [0.2, 0.25) is 10.0 Å². The molecule has 0 bridgehead atoms. The van der Waals surface area contributed by atoms with Crippen molar-refractivity contribution in [2.24, 2.45) is 5.92 Å². The van der Waals surface area contributed by atoms with Gasteiger partial charge in [0.15, 0.2) is 0 Å². The van der Waals surface area contributed by atoms with Gasteiger partial charge in [0.1, 0.15) is 16.4 Å². The number of rotatable bonds is 4. The first-order valence-electron chi connectivity index (χ1n) is 7.02. The molecule has 0 saturated carbocycles. The van der Waals surface area contributed by atoms with Gasteiger partial charge in [-0.25, -0.2) is 8.42 Å². The highest BCUT2D eigenvalue weighted by Gasteiger charge is 2.44. The predicted octanol–water partition coefficient (Wildman–Crippen LogP) is 0.686. The van der Waals surface area contributed by atoms with Gasteiger partial charge in [-0.15, -0.1) is 0 Å². The molecular formula is C14H20N2O4S. The molecule has 116 valence electrons. The third-order valence-corrected chi connectivity index (χ3v) is 6.32. The Bertz CT molecular complexity index is 632. The minimum atomic E-state index is -3.55. The molecule has 2 aliphatic rings. The lowest BCUT2D eigenvalue weighted by atomic mass is 10.1. The molecular weight excluding hydrogens is 292 g/mol. The quantitative estimate of drug-likeness (QED) is 0.886. The van der Waals surface area contributed by atoms with E-state index in [0.717, 1.165) is 19.5 Å². The van der Waals surface area contributed by atoms with Crippen LogP contribution in [0.25, 0.3) is 0 Å². The van der Waals surface area contributed by atoms with Crippen LogP contribution in [0.5, 0.6) is 11.5 Å². The second-order valence-electron chi connectivity index (χ2n) is 5.41. The summed E-state index contributed by atoms with van der Waals surface area (Å²) in [5.41, 5.74) is 0. The smallest absolute Gasteiger partial charge is 0.247 e. The summed E-state index contributed by atoms with van der Waals surface area (Å²) < 4.78 is 37.8. The molecule has 0 amide bonds. The van der Waals surface area contributed by atoms with E-state index >= 15 is 0 Å². The van der Waals surface area contributed by atoms with Crippen LogP contribution in [-0.4, -0.2) is 52.6 Å². The van der Waals surface area contributed by atoms with E-state index in [9.17, 15) is 8.42 Å². The van der Waals surface area contributed by atoms with Crippen molar-refractivity contribution >= 4 is 10.0 Å². The Labute approximate surface area is 125 Å². The molecule has 0 radical (unpaired) electrons. The van der Waals surface area contributed by atoms with Crippen LogP contribution in [0.1, 0.15) is 6.42 Å². The fourth-order valence-electron chi connectivity index (χ4n) is 3.22. The Kier molecular flexibility index (Phi) is 3.81. The van der Waals surface area contributed by atoms with Crippen LogP contribution in [0.15, 0.2) is 23.1 Å². The number of ether oxygens (including phenoxy) is 2. The lowest BCUT2D eigenvalue weighted by molar-refractivity contribution is 0.368. The third kappa shape index (κ3) is 2.39. The Morgan fingerprint density at radius 1 is 1.24 bits per heavy atom. The highest BCUT2D eigenvalue weighted by molar-refractivity contribution is 7.89. The molecule has 6 nitrogen and oxygen atoms in total. The number of hydrogen-bond acceptors (Lipinski definition) is 5. The maximum Gasteiger partial charge on any atom is 0.247 e. The molecule has 2 aliphatic heterocycles. The van der Waals surface area contributed by atoms with Crippen molar-refractivity contribution in [1.29, 1.82) is 0 Å². The van der Waals surface area contributed by atoms with Crippen LogP contribution in [0.4, 0.5) is 0 Å². The fraction of sp³-hybridized carbons (Fsp3) is 0.571. The zero-order chi connectivity index (χ0) is 15.0. The van der Waals surface area contributed by atoms with E-state index in [1.165, 1.54) is 14.2 Å². The average Bonchev–Trinajstić information content (AvgIpc) is 3.09. The number of hydrogen-bond donors (Lipinski definition) is 1. The molecule has 21 heavy (non-hydrogen) atoms. The molecule has 0 aliphatic carbocycles. The lowest BCUT2D eigenvalue weighted by Crippen LogP contribution is -2.39. The van der Waals surface area contributed by atoms with Crippen LogP contribution in [0, 0.1) is 5.92 Å². The normalized spacial score (nSPS) is 25.8. The second kappa shape index (κ2) is 5.47. The van der Waals surface area contributed by atoms with Crippen molar-refractivity contribution in [3.63, 3.8) is 0 Å². The van der Waals surface area contributed by atoms with E-state index in [0.29, 0.717) is 24.0 Å². The van der Waals surface area contributed by atoms with Crippen molar-refractivity contribution in [1.82, 2.24) is 9.62 Å². The van der Waals surface area contributed by atoms with Gasteiger partial charge in [0, 0.05) is 25.2 Å². The van der Waals surface area contributed by atoms with Crippen molar-refractivity contribution in [2.45, 2.75) is 17.4 Å². The molecule has 2 atom stereocenters. The molecule has 0 spiro atoms. The average molecular weight is 312 g/mol. The van der Waals surface area contributed by atoms with Gasteiger partial charge in [-0.05, 0) is 31.0 Å². The van der Waals surface area contributed by atoms with Crippen LogP contribution in [-0.2, 0) is 10.0 Å². The fourth-order valence-corrected chi connectivity index (χ4v) is 5.06. The highest BCUT2D eigenvalue weighted by atomic mass is 32.2. The summed E-state index contributed by atoms with van der Waals surface area (Å²) in [6, 6.07) is 4.87. The van der Waals surface area contributed by atoms with Crippen LogP contribution in [0.2, 0.25) is 0 Å². The van der Waals surface area contributed by atoms with Gasteiger partial charge >= 0.3 is 0 Å². The van der Waals surface area contributed by atoms with E-state index in [1.807, 2.05) is 0 Å². The van der Waals surface area contributed by atoms with E-state index in [1.54, 1.807) is 22.5 Å². The van der Waals surface area contributed by atoms with Gasteiger partial charge in [-0.2, -0.15) is 4.31 Å². The molecule has 1 N–H and O–H groups in total. The van der Waals surface area contributed by atoms with E-state index < -0.39 is 10.0 Å². The highest BCUT2D eigenvalue weighted by Crippen LogP contribution is 2.36. The number of benzene rings is 1. The SMILES string of the molecule is COc1ccc(S(=O)(=O)N2CC[C@H]3CNC[C@H]32)c(OC)c1. The third-order valence-electron chi connectivity index (χ3n) is 4.35. The second-order valence-corrected chi connectivity index (χ2v) is 7.27. The Balaban J connectivity index is 1.98. The van der Waals surface area contributed by atoms with Gasteiger partial charge in [0.05, 0.1) is 14.2 Å². The largest absolute Gasteiger partial charge is 0.497 e. The standard InChI is InChI=1S/C14H20N2O4S/c1-19-11-3-4-14(13(7-11)20-2)21(17,18)16-6-5-10-8-15-9-12(10)16/h3-4,7,10,12,15H,5-6,8-9H2,1-2H3/t10-,12+/m0/s1. The van der Waals surface area contributed by atoms with Crippen molar-refractivity contribution in [3.8, 4) is 11.5 Å². The summed E-state index contributed by atoms with van der Waals surface area (Å²) in [7, 11) is -0.538. The topological polar surface area (TPSA) is 67.9 Å². The molecule has 7 heteroatoms. The number of nitrogens with zero attached hydrogens (tertiary/aromatic N) is 1. The van der Waals surface area contributed by atoms with Crippen LogP contribution < -0.4 is 14.8 Å². The first-order valence-corrected chi connectivity index (χ1v) is 8.46. The van der Waals surface area contributed by atoms with Crippen LogP contribution in [0.3, 0.4) is 0 Å². The Morgan fingerprint density at radius 2 is 2.05 bits per heavy atom. The number of nitrogens with one attached hydrogen (secondary N) is 1. The van der Waals surface area contributed by atoms with Gasteiger partial charge in [-0.3, -0.25) is 0 Å². The zero-order valence-electron chi connectivity index (χ0n) is 12.2. The lowest BCUT2D eigenvalue weighted by Gasteiger charge is -2.23. The van der Waals surface area contributed by atoms with Gasteiger partial charge in [-0.1, -0.05) is 0 Å². The van der Waals surface area contributed by atoms with Crippen molar-refractivity contribution in [2.75, 3.05) is 33.9 Å². The molecule has 1 aromatic rings. The molecule has 2 fully saturated rings.